The van der Waals surface area contributed by atoms with E-state index in [0.29, 0.717) is 56.8 Å². The van der Waals surface area contributed by atoms with Gasteiger partial charge in [0.1, 0.15) is 17.2 Å². The van der Waals surface area contributed by atoms with E-state index in [1.807, 2.05) is 55.5 Å². The molecule has 45 heavy (non-hydrogen) atoms. The highest BCUT2D eigenvalue weighted by molar-refractivity contribution is 7.22. The first-order chi connectivity index (χ1) is 21.9. The summed E-state index contributed by atoms with van der Waals surface area (Å²) in [4.78, 5) is 34.1. The summed E-state index contributed by atoms with van der Waals surface area (Å²) in [5.74, 6) is 0.124. The number of thiazole rings is 1. The fraction of sp³-hybridized carbons (Fsp3) is 0.114. The number of carbonyl (C=O) groups excluding carboxylic acids is 2. The van der Waals surface area contributed by atoms with Gasteiger partial charge in [-0.2, -0.15) is 0 Å². The molecule has 1 aliphatic rings. The van der Waals surface area contributed by atoms with Crippen LogP contribution in [0.4, 0.5) is 5.13 Å². The molecule has 6 aromatic rings. The summed E-state index contributed by atoms with van der Waals surface area (Å²) >= 11 is 1.26. The first-order valence-electron chi connectivity index (χ1n) is 14.2. The van der Waals surface area contributed by atoms with Crippen LogP contribution in [0.2, 0.25) is 0 Å². The third-order valence-electron chi connectivity index (χ3n) is 7.42. The normalized spacial score (nSPS) is 14.8. The molecule has 0 fully saturated rings. The molecule has 9 nitrogen and oxygen atoms in total. The number of Topliss-reactive ketones (excluding diaryl/α,β-unsaturated/α-hetero) is 1. The number of hydrogen-bond acceptors (Lipinski definition) is 9. The number of nitrogens with zero attached hydrogens (tertiary/aromatic N) is 2. The summed E-state index contributed by atoms with van der Waals surface area (Å²) < 4.78 is 23.9. The van der Waals surface area contributed by atoms with E-state index in [-0.39, 0.29) is 11.3 Å². The van der Waals surface area contributed by atoms with E-state index in [1.165, 1.54) is 23.3 Å². The minimum atomic E-state index is -1.04. The molecule has 1 unspecified atom stereocenters. The number of furan rings is 1. The highest BCUT2D eigenvalue weighted by atomic mass is 32.1. The number of aromatic nitrogens is 1. The number of methoxy groups -OCH3 is 1. The molecule has 224 valence electrons. The summed E-state index contributed by atoms with van der Waals surface area (Å²) in [6.45, 7) is 2.40. The molecular formula is C35H26N2O7S. The van der Waals surface area contributed by atoms with Crippen LogP contribution in [0.1, 0.15) is 29.1 Å². The van der Waals surface area contributed by atoms with Crippen molar-refractivity contribution in [1.82, 2.24) is 4.98 Å². The molecule has 1 N–H and O–H groups in total. The molecule has 4 aromatic carbocycles. The van der Waals surface area contributed by atoms with Gasteiger partial charge < -0.3 is 23.7 Å². The zero-order valence-electron chi connectivity index (χ0n) is 24.2. The number of ketones is 1. The van der Waals surface area contributed by atoms with Gasteiger partial charge in [0.25, 0.3) is 5.91 Å². The molecule has 1 aliphatic heterocycles. The van der Waals surface area contributed by atoms with Gasteiger partial charge in [-0.15, -0.1) is 0 Å². The van der Waals surface area contributed by atoms with Gasteiger partial charge in [-0.25, -0.2) is 4.98 Å². The topological polar surface area (TPSA) is 111 Å². The maximum atomic E-state index is 14.2. The van der Waals surface area contributed by atoms with Gasteiger partial charge >= 0.3 is 0 Å². The van der Waals surface area contributed by atoms with Gasteiger partial charge in [-0.3, -0.25) is 14.5 Å². The summed E-state index contributed by atoms with van der Waals surface area (Å²) in [5.41, 5.74) is 1.43. The predicted molar refractivity (Wildman–Crippen MR) is 171 cm³/mol. The van der Waals surface area contributed by atoms with Crippen molar-refractivity contribution in [2.75, 3.05) is 18.6 Å². The van der Waals surface area contributed by atoms with Gasteiger partial charge in [-0.05, 0) is 67.1 Å². The lowest BCUT2D eigenvalue weighted by Gasteiger charge is -2.24. The highest BCUT2D eigenvalue weighted by Crippen LogP contribution is 2.46. The van der Waals surface area contributed by atoms with Crippen LogP contribution in [0.15, 0.2) is 113 Å². The van der Waals surface area contributed by atoms with Crippen LogP contribution in [0.25, 0.3) is 21.2 Å². The molecule has 1 atom stereocenters. The Hall–Kier alpha value is -5.61. The molecule has 0 saturated heterocycles. The lowest BCUT2D eigenvalue weighted by molar-refractivity contribution is -0.117. The average molecular weight is 619 g/mol. The largest absolute Gasteiger partial charge is 0.503 e. The molecule has 0 saturated carbocycles. The molecular weight excluding hydrogens is 592 g/mol. The lowest BCUT2D eigenvalue weighted by Crippen LogP contribution is -2.31. The Morgan fingerprint density at radius 2 is 1.76 bits per heavy atom. The van der Waals surface area contributed by atoms with Gasteiger partial charge in [0.15, 0.2) is 28.0 Å². The van der Waals surface area contributed by atoms with Crippen molar-refractivity contribution in [2.24, 2.45) is 0 Å². The smallest absolute Gasteiger partial charge is 0.296 e. The molecule has 10 heteroatoms. The number of rotatable bonds is 9. The average Bonchev–Trinajstić information content (AvgIpc) is 3.75. The summed E-state index contributed by atoms with van der Waals surface area (Å²) in [6.07, 6.45) is 0. The quantitative estimate of drug-likeness (QED) is 0.162. The molecule has 0 aliphatic carbocycles. The number of aliphatic hydroxyl groups is 1. The Bertz CT molecular complexity index is 2120. The number of amides is 1. The maximum Gasteiger partial charge on any atom is 0.296 e. The number of para-hydroxylation sites is 2. The van der Waals surface area contributed by atoms with Crippen molar-refractivity contribution >= 4 is 49.3 Å². The first kappa shape index (κ1) is 28.2. The molecule has 7 rings (SSSR count). The van der Waals surface area contributed by atoms with Gasteiger partial charge in [-0.1, -0.05) is 53.8 Å². The van der Waals surface area contributed by atoms with Crippen LogP contribution in [-0.2, 0) is 4.79 Å². The fourth-order valence-electron chi connectivity index (χ4n) is 5.42. The molecule has 2 aromatic heterocycles. The van der Waals surface area contributed by atoms with E-state index in [4.69, 9.17) is 23.6 Å². The van der Waals surface area contributed by atoms with Gasteiger partial charge in [0.05, 0.1) is 35.5 Å². The van der Waals surface area contributed by atoms with Gasteiger partial charge in [0.2, 0.25) is 5.78 Å². The third-order valence-corrected chi connectivity index (χ3v) is 8.44. The monoisotopic (exact) mass is 618 g/mol. The Labute approximate surface area is 261 Å². The zero-order valence-corrected chi connectivity index (χ0v) is 25.0. The summed E-state index contributed by atoms with van der Waals surface area (Å²) in [6, 6.07) is 27.6. The minimum absolute atomic E-state index is 0.0435. The molecule has 0 spiro atoms. The Morgan fingerprint density at radius 3 is 2.56 bits per heavy atom. The zero-order chi connectivity index (χ0) is 31.1. The minimum Gasteiger partial charge on any atom is -0.503 e. The second-order valence-corrected chi connectivity index (χ2v) is 11.2. The van der Waals surface area contributed by atoms with E-state index < -0.39 is 23.5 Å². The van der Waals surface area contributed by atoms with Gasteiger partial charge in [0, 0.05) is 5.39 Å². The Morgan fingerprint density at radius 1 is 0.956 bits per heavy atom. The maximum absolute atomic E-state index is 14.2. The summed E-state index contributed by atoms with van der Waals surface area (Å²) in [5, 5.41) is 12.3. The third kappa shape index (κ3) is 5.04. The number of benzene rings is 4. The number of ether oxygens (including phenoxy) is 3. The van der Waals surface area contributed by atoms with Crippen molar-refractivity contribution in [2.45, 2.75) is 13.0 Å². The molecule has 1 amide bonds. The van der Waals surface area contributed by atoms with Crippen molar-refractivity contribution in [3.05, 3.63) is 120 Å². The van der Waals surface area contributed by atoms with Crippen LogP contribution in [0.5, 0.6) is 23.0 Å². The molecule has 0 radical (unpaired) electrons. The lowest BCUT2D eigenvalue weighted by atomic mass is 9.95. The van der Waals surface area contributed by atoms with E-state index in [2.05, 4.69) is 0 Å². The fourth-order valence-corrected chi connectivity index (χ4v) is 6.44. The van der Waals surface area contributed by atoms with Crippen molar-refractivity contribution < 1.29 is 33.3 Å². The van der Waals surface area contributed by atoms with E-state index in [1.54, 1.807) is 48.5 Å². The Kier molecular flexibility index (Phi) is 7.19. The second kappa shape index (κ2) is 11.5. The number of hydrogen-bond donors (Lipinski definition) is 1. The standard InChI is InChI=1S/C35H26N2O7S/c1-3-42-23-15-16-25-28(19-23)45-35(36-25)37-30(20-9-7-13-24(17-20)43-22-11-5-4-6-12-22)29(32(39)34(37)40)31(38)27-18-21-10-8-14-26(41-2)33(21)44-27/h4-19,30,39H,3H2,1-2H3. The Balaban J connectivity index is 1.35. The van der Waals surface area contributed by atoms with Crippen LogP contribution in [0, 0.1) is 0 Å². The second-order valence-electron chi connectivity index (χ2n) is 10.2. The van der Waals surface area contributed by atoms with E-state index >= 15 is 0 Å². The molecule has 0 bridgehead atoms. The van der Waals surface area contributed by atoms with E-state index in [9.17, 15) is 14.7 Å². The SMILES string of the molecule is CCOc1ccc2nc(N3C(=O)C(O)=C(C(=O)c4cc5cccc(OC)c5o4)C3c3cccc(Oc4ccccc4)c3)sc2c1. The van der Waals surface area contributed by atoms with Crippen molar-refractivity contribution in [3.63, 3.8) is 0 Å². The highest BCUT2D eigenvalue weighted by Gasteiger charge is 2.46. The van der Waals surface area contributed by atoms with Crippen LogP contribution < -0.4 is 19.1 Å². The molecule has 3 heterocycles. The van der Waals surface area contributed by atoms with E-state index in [0.717, 1.165) is 4.70 Å². The summed E-state index contributed by atoms with van der Waals surface area (Å²) in [7, 11) is 1.51. The predicted octanol–water partition coefficient (Wildman–Crippen LogP) is 8.03. The number of carbonyl (C=O) groups is 2. The number of anilines is 1. The first-order valence-corrected chi connectivity index (χ1v) is 15.0. The number of fused-ring (bicyclic) bond motifs is 2. The van der Waals surface area contributed by atoms with Crippen LogP contribution in [0.3, 0.4) is 0 Å². The van der Waals surface area contributed by atoms with Crippen LogP contribution >= 0.6 is 11.3 Å². The van der Waals surface area contributed by atoms with Crippen LogP contribution in [-0.4, -0.2) is 35.5 Å². The van der Waals surface area contributed by atoms with Crippen molar-refractivity contribution in [3.8, 4) is 23.0 Å². The number of aliphatic hydroxyl groups excluding tert-OH is 1. The van der Waals surface area contributed by atoms with Crippen molar-refractivity contribution in [1.29, 1.82) is 0 Å².